The fraction of sp³-hybridized carbons (Fsp3) is 0.769. The zero-order valence-electron chi connectivity index (χ0n) is 13.5. The van der Waals surface area contributed by atoms with Crippen LogP contribution < -0.4 is 0 Å². The molecule has 0 saturated carbocycles. The van der Waals surface area contributed by atoms with Crippen LogP contribution in [-0.4, -0.2) is 42.6 Å². The van der Waals surface area contributed by atoms with Gasteiger partial charge in [-0.25, -0.2) is 4.79 Å². The van der Waals surface area contributed by atoms with E-state index >= 15 is 0 Å². The van der Waals surface area contributed by atoms with Gasteiger partial charge in [-0.05, 0) is 40.7 Å². The predicted molar refractivity (Wildman–Crippen MR) is 75.8 cm³/mol. The third-order valence-electron chi connectivity index (χ3n) is 2.94. The van der Waals surface area contributed by atoms with E-state index in [2.05, 4.69) is 4.18 Å². The number of hydrogen-bond donors (Lipinski definition) is 0. The van der Waals surface area contributed by atoms with Gasteiger partial charge in [0.2, 0.25) is 0 Å². The van der Waals surface area contributed by atoms with E-state index in [1.165, 1.54) is 11.8 Å². The van der Waals surface area contributed by atoms with E-state index in [1.807, 2.05) is 0 Å². The van der Waals surface area contributed by atoms with Gasteiger partial charge in [0.1, 0.15) is 11.4 Å². The van der Waals surface area contributed by atoms with Gasteiger partial charge in [-0.2, -0.15) is 21.6 Å². The van der Waals surface area contributed by atoms with Crippen molar-refractivity contribution in [2.45, 2.75) is 64.2 Å². The third-order valence-corrected chi connectivity index (χ3v) is 3.94. The molecule has 0 aromatic rings. The molecule has 0 spiro atoms. The SMILES string of the molecule is C[C@@H]1C=C(OS(=O)(=O)C(F)(F)F)C[C@H](C)N1C(=O)OC(C)(C)C. The largest absolute Gasteiger partial charge is 0.534 e. The molecule has 1 aliphatic rings. The van der Waals surface area contributed by atoms with Crippen LogP contribution in [0.5, 0.6) is 0 Å². The van der Waals surface area contributed by atoms with Gasteiger partial charge in [0.05, 0.1) is 6.04 Å². The molecule has 10 heteroatoms. The standard InChI is InChI=1S/C13H20F3NO5S/c1-8-6-10(22-23(19,20)13(14,15)16)7-9(2)17(8)11(18)21-12(3,4)5/h6,8-9H,7H2,1-5H3/t8-,9+/m1/s1. The second-order valence-corrected chi connectivity index (χ2v) is 7.84. The summed E-state index contributed by atoms with van der Waals surface area (Å²) in [4.78, 5) is 13.4. The van der Waals surface area contributed by atoms with Gasteiger partial charge in [-0.15, -0.1) is 0 Å². The molecule has 0 fully saturated rings. The van der Waals surface area contributed by atoms with E-state index in [9.17, 15) is 26.4 Å². The van der Waals surface area contributed by atoms with Crippen LogP contribution in [0.25, 0.3) is 0 Å². The lowest BCUT2D eigenvalue weighted by Crippen LogP contribution is -2.49. The molecule has 0 bridgehead atoms. The molecule has 1 heterocycles. The first-order valence-electron chi connectivity index (χ1n) is 6.87. The molecule has 0 aliphatic carbocycles. The van der Waals surface area contributed by atoms with Gasteiger partial charge in [-0.3, -0.25) is 4.90 Å². The predicted octanol–water partition coefficient (Wildman–Crippen LogP) is 3.15. The minimum atomic E-state index is -5.71. The van der Waals surface area contributed by atoms with Gasteiger partial charge in [0.15, 0.2) is 0 Å². The quantitative estimate of drug-likeness (QED) is 0.559. The first-order chi connectivity index (χ1) is 10.1. The lowest BCUT2D eigenvalue weighted by atomic mass is 10.0. The number of ether oxygens (including phenoxy) is 1. The average molecular weight is 359 g/mol. The molecule has 0 aromatic heterocycles. The zero-order chi connectivity index (χ0) is 18.2. The molecule has 1 amide bonds. The second-order valence-electron chi connectivity index (χ2n) is 6.30. The van der Waals surface area contributed by atoms with E-state index in [-0.39, 0.29) is 12.2 Å². The molecule has 6 nitrogen and oxygen atoms in total. The van der Waals surface area contributed by atoms with Crippen LogP contribution in [0.2, 0.25) is 0 Å². The van der Waals surface area contributed by atoms with Crippen molar-refractivity contribution in [1.29, 1.82) is 0 Å². The Kier molecular flexibility index (Phi) is 5.30. The maximum Gasteiger partial charge on any atom is 0.534 e. The van der Waals surface area contributed by atoms with Crippen molar-refractivity contribution in [1.82, 2.24) is 4.90 Å². The van der Waals surface area contributed by atoms with E-state index in [4.69, 9.17) is 4.74 Å². The Bertz CT molecular complexity index is 592. The van der Waals surface area contributed by atoms with Crippen LogP contribution in [0.4, 0.5) is 18.0 Å². The number of nitrogens with zero attached hydrogens (tertiary/aromatic N) is 1. The molecule has 0 aromatic carbocycles. The zero-order valence-corrected chi connectivity index (χ0v) is 14.3. The number of carbonyl (C=O) groups is 1. The van der Waals surface area contributed by atoms with E-state index in [0.717, 1.165) is 6.08 Å². The molecular weight excluding hydrogens is 339 g/mol. The van der Waals surface area contributed by atoms with Gasteiger partial charge in [0, 0.05) is 12.5 Å². The number of carbonyl (C=O) groups excluding carboxylic acids is 1. The Morgan fingerprint density at radius 3 is 2.17 bits per heavy atom. The minimum absolute atomic E-state index is 0.168. The fourth-order valence-electron chi connectivity index (χ4n) is 2.12. The normalized spacial score (nSPS) is 23.3. The monoisotopic (exact) mass is 359 g/mol. The number of alkyl halides is 3. The Hall–Kier alpha value is -1.45. The van der Waals surface area contributed by atoms with E-state index < -0.39 is 39.4 Å². The van der Waals surface area contributed by atoms with Crippen molar-refractivity contribution in [3.63, 3.8) is 0 Å². The summed E-state index contributed by atoms with van der Waals surface area (Å²) in [6, 6.07) is -1.25. The molecule has 2 atom stereocenters. The summed E-state index contributed by atoms with van der Waals surface area (Å²) in [5.41, 5.74) is -6.22. The summed E-state index contributed by atoms with van der Waals surface area (Å²) < 4.78 is 68.5. The third kappa shape index (κ3) is 5.02. The highest BCUT2D eigenvalue weighted by Gasteiger charge is 2.49. The van der Waals surface area contributed by atoms with Gasteiger partial charge >= 0.3 is 21.7 Å². The molecule has 1 aliphatic heterocycles. The Labute approximate surface area is 133 Å². The maximum absolute atomic E-state index is 12.3. The molecule has 134 valence electrons. The molecule has 23 heavy (non-hydrogen) atoms. The summed E-state index contributed by atoms with van der Waals surface area (Å²) in [6.07, 6.45) is 0.359. The molecule has 0 saturated heterocycles. The van der Waals surface area contributed by atoms with Crippen molar-refractivity contribution >= 4 is 16.2 Å². The fourth-order valence-corrected chi connectivity index (χ4v) is 2.62. The van der Waals surface area contributed by atoms with Crippen molar-refractivity contribution in [3.8, 4) is 0 Å². The number of rotatable bonds is 2. The maximum atomic E-state index is 12.3. The molecule has 0 N–H and O–H groups in total. The molecular formula is C13H20F3NO5S. The summed E-state index contributed by atoms with van der Waals surface area (Å²) in [5.74, 6) is -0.345. The highest BCUT2D eigenvalue weighted by atomic mass is 32.2. The van der Waals surface area contributed by atoms with Crippen LogP contribution in [0.1, 0.15) is 41.0 Å². The van der Waals surface area contributed by atoms with Crippen LogP contribution in [0.15, 0.2) is 11.8 Å². The summed E-state index contributed by atoms with van der Waals surface area (Å²) >= 11 is 0. The minimum Gasteiger partial charge on any atom is -0.444 e. The lowest BCUT2D eigenvalue weighted by molar-refractivity contribution is -0.0529. The first kappa shape index (κ1) is 19.6. The van der Waals surface area contributed by atoms with Crippen molar-refractivity contribution < 1.29 is 35.3 Å². The molecule has 0 unspecified atom stereocenters. The number of amides is 1. The van der Waals surface area contributed by atoms with Crippen LogP contribution in [-0.2, 0) is 19.0 Å². The summed E-state index contributed by atoms with van der Waals surface area (Å²) in [5, 5.41) is 0. The lowest BCUT2D eigenvalue weighted by Gasteiger charge is -2.38. The number of halogens is 3. The van der Waals surface area contributed by atoms with Gasteiger partial charge in [0.25, 0.3) is 0 Å². The van der Waals surface area contributed by atoms with Gasteiger partial charge in [-0.1, -0.05) is 0 Å². The van der Waals surface area contributed by atoms with Crippen molar-refractivity contribution in [2.24, 2.45) is 0 Å². The Morgan fingerprint density at radius 1 is 1.26 bits per heavy atom. The van der Waals surface area contributed by atoms with E-state index in [0.29, 0.717) is 0 Å². The highest BCUT2D eigenvalue weighted by molar-refractivity contribution is 7.87. The smallest absolute Gasteiger partial charge is 0.444 e. The first-order valence-corrected chi connectivity index (χ1v) is 8.27. The number of hydrogen-bond acceptors (Lipinski definition) is 5. The van der Waals surface area contributed by atoms with Crippen LogP contribution in [0.3, 0.4) is 0 Å². The Balaban J connectivity index is 2.94. The van der Waals surface area contributed by atoms with Crippen molar-refractivity contribution in [2.75, 3.05) is 0 Å². The van der Waals surface area contributed by atoms with Gasteiger partial charge < -0.3 is 8.92 Å². The Morgan fingerprint density at radius 2 is 1.78 bits per heavy atom. The van der Waals surface area contributed by atoms with Crippen LogP contribution in [0, 0.1) is 0 Å². The average Bonchev–Trinajstić information content (AvgIpc) is 2.22. The molecule has 0 radical (unpaired) electrons. The summed E-state index contributed by atoms with van der Waals surface area (Å²) in [6.45, 7) is 8.15. The molecule has 1 rings (SSSR count). The summed E-state index contributed by atoms with van der Waals surface area (Å²) in [7, 11) is -5.71. The van der Waals surface area contributed by atoms with Crippen molar-refractivity contribution in [3.05, 3.63) is 11.8 Å². The van der Waals surface area contributed by atoms with E-state index in [1.54, 1.807) is 27.7 Å². The second kappa shape index (κ2) is 6.21. The van der Waals surface area contributed by atoms with Crippen LogP contribution >= 0.6 is 0 Å². The highest BCUT2D eigenvalue weighted by Crippen LogP contribution is 2.31. The topological polar surface area (TPSA) is 72.9 Å².